The summed E-state index contributed by atoms with van der Waals surface area (Å²) in [5.74, 6) is 1.10. The highest BCUT2D eigenvalue weighted by atomic mass is 16.5. The van der Waals surface area contributed by atoms with Crippen LogP contribution in [0.4, 0.5) is 0 Å². The highest BCUT2D eigenvalue weighted by Crippen LogP contribution is 2.28. The van der Waals surface area contributed by atoms with E-state index < -0.39 is 0 Å². The number of carbonyl (C=O) groups is 1. The molecule has 1 N–H and O–H groups in total. The second-order valence-corrected chi connectivity index (χ2v) is 7.07. The van der Waals surface area contributed by atoms with Crippen molar-refractivity contribution in [3.05, 3.63) is 78.1 Å². The second kappa shape index (κ2) is 6.98. The molecule has 0 bridgehead atoms. The third-order valence-electron chi connectivity index (χ3n) is 5.02. The minimum absolute atomic E-state index is 0.0605. The van der Waals surface area contributed by atoms with Crippen LogP contribution in [-0.4, -0.2) is 15.6 Å². The summed E-state index contributed by atoms with van der Waals surface area (Å²) in [4.78, 5) is 12.4. The number of amides is 1. The van der Waals surface area contributed by atoms with Crippen LogP contribution in [0.25, 0.3) is 33.4 Å². The van der Waals surface area contributed by atoms with Crippen molar-refractivity contribution in [1.29, 1.82) is 0 Å². The van der Waals surface area contributed by atoms with E-state index >= 15 is 0 Å². The first-order valence-corrected chi connectivity index (χ1v) is 9.41. The van der Waals surface area contributed by atoms with Crippen LogP contribution in [0.5, 0.6) is 0 Å². The number of carbonyl (C=O) groups excluding carboxylic acids is 1. The first kappa shape index (κ1) is 17.3. The lowest BCUT2D eigenvalue weighted by molar-refractivity contribution is -0.120. The van der Waals surface area contributed by atoms with Crippen LogP contribution in [0.1, 0.15) is 11.3 Å². The van der Waals surface area contributed by atoms with Gasteiger partial charge in [-0.15, -0.1) is 0 Å². The Morgan fingerprint density at radius 2 is 1.90 bits per heavy atom. The minimum atomic E-state index is -0.0605. The topological polar surface area (TPSA) is 73.2 Å². The van der Waals surface area contributed by atoms with E-state index in [-0.39, 0.29) is 5.91 Å². The van der Waals surface area contributed by atoms with Crippen LogP contribution >= 0.6 is 0 Å². The van der Waals surface area contributed by atoms with Crippen molar-refractivity contribution in [1.82, 2.24) is 15.0 Å². The van der Waals surface area contributed by atoms with Gasteiger partial charge >= 0.3 is 0 Å². The number of benzene rings is 2. The Bertz CT molecular complexity index is 1290. The van der Waals surface area contributed by atoms with Gasteiger partial charge in [-0.25, -0.2) is 0 Å². The fourth-order valence-electron chi connectivity index (χ4n) is 3.61. The number of hydrogen-bond acceptors (Lipinski definition) is 4. The van der Waals surface area contributed by atoms with E-state index in [0.717, 1.165) is 27.4 Å². The maximum absolute atomic E-state index is 12.4. The molecule has 5 rings (SSSR count). The van der Waals surface area contributed by atoms with E-state index in [4.69, 9.17) is 8.94 Å². The van der Waals surface area contributed by atoms with Gasteiger partial charge in [0, 0.05) is 35.6 Å². The molecule has 0 aliphatic heterocycles. The molecule has 2 aromatic carbocycles. The maximum Gasteiger partial charge on any atom is 0.224 e. The molecule has 0 atom stereocenters. The Morgan fingerprint density at radius 1 is 1.07 bits per heavy atom. The zero-order chi connectivity index (χ0) is 19.8. The average molecular weight is 385 g/mol. The lowest BCUT2D eigenvalue weighted by Gasteiger charge is -2.02. The number of para-hydroxylation sites is 2. The van der Waals surface area contributed by atoms with Gasteiger partial charge in [-0.05, 0) is 23.8 Å². The van der Waals surface area contributed by atoms with Gasteiger partial charge in [0.05, 0.1) is 13.0 Å². The molecule has 5 aromatic rings. The average Bonchev–Trinajstić information content (AvgIpc) is 3.44. The fraction of sp³-hybridized carbons (Fsp3) is 0.130. The largest absolute Gasteiger partial charge is 0.453 e. The summed E-state index contributed by atoms with van der Waals surface area (Å²) in [6.45, 7) is 0.299. The highest BCUT2D eigenvalue weighted by molar-refractivity contribution is 5.89. The summed E-state index contributed by atoms with van der Waals surface area (Å²) in [6, 6.07) is 19.5. The molecule has 144 valence electrons. The summed E-state index contributed by atoms with van der Waals surface area (Å²) >= 11 is 0. The molecule has 0 fully saturated rings. The van der Waals surface area contributed by atoms with Gasteiger partial charge in [-0.3, -0.25) is 4.79 Å². The highest BCUT2D eigenvalue weighted by Gasteiger charge is 2.14. The molecule has 29 heavy (non-hydrogen) atoms. The van der Waals surface area contributed by atoms with Crippen molar-refractivity contribution in [3.8, 4) is 11.5 Å². The Hall–Kier alpha value is -3.80. The molecule has 0 saturated heterocycles. The molecule has 0 saturated carbocycles. The predicted octanol–water partition coefficient (Wildman–Crippen LogP) is 4.44. The van der Waals surface area contributed by atoms with Gasteiger partial charge in [-0.2, -0.15) is 0 Å². The molecule has 0 spiro atoms. The number of nitrogens with one attached hydrogen (secondary N) is 1. The first-order chi connectivity index (χ1) is 14.2. The lowest BCUT2D eigenvalue weighted by atomic mass is 10.1. The number of furan rings is 1. The summed E-state index contributed by atoms with van der Waals surface area (Å²) in [7, 11) is 1.98. The molecule has 1 amide bonds. The summed E-state index contributed by atoms with van der Waals surface area (Å²) in [5, 5.41) is 9.05. The predicted molar refractivity (Wildman–Crippen MR) is 110 cm³/mol. The SMILES string of the molecule is Cn1cc(CC(=O)NCc2cc(-c3cc4ccccc4o3)on2)c2ccccc21. The lowest BCUT2D eigenvalue weighted by Crippen LogP contribution is -2.24. The zero-order valence-electron chi connectivity index (χ0n) is 15.9. The van der Waals surface area contributed by atoms with E-state index in [1.165, 1.54) is 0 Å². The van der Waals surface area contributed by atoms with Gasteiger partial charge < -0.3 is 18.8 Å². The third-order valence-corrected chi connectivity index (χ3v) is 5.02. The summed E-state index contributed by atoms with van der Waals surface area (Å²) in [6.07, 6.45) is 2.32. The molecule has 0 unspecified atom stereocenters. The Labute approximate surface area is 166 Å². The zero-order valence-corrected chi connectivity index (χ0v) is 15.9. The number of hydrogen-bond donors (Lipinski definition) is 1. The van der Waals surface area contributed by atoms with Crippen LogP contribution in [-0.2, 0) is 24.8 Å². The minimum Gasteiger partial charge on any atom is -0.453 e. The monoisotopic (exact) mass is 385 g/mol. The quantitative estimate of drug-likeness (QED) is 0.485. The Kier molecular flexibility index (Phi) is 4.17. The number of nitrogens with zero attached hydrogens (tertiary/aromatic N) is 2. The molecular weight excluding hydrogens is 366 g/mol. The smallest absolute Gasteiger partial charge is 0.224 e. The molecule has 6 heteroatoms. The van der Waals surface area contributed by atoms with Crippen LogP contribution < -0.4 is 5.32 Å². The van der Waals surface area contributed by atoms with Crippen LogP contribution in [0.2, 0.25) is 0 Å². The normalized spacial score (nSPS) is 11.3. The van der Waals surface area contributed by atoms with Gasteiger partial charge in [0.2, 0.25) is 11.7 Å². The molecule has 6 nitrogen and oxygen atoms in total. The number of aryl methyl sites for hydroxylation is 1. The second-order valence-electron chi connectivity index (χ2n) is 7.07. The summed E-state index contributed by atoms with van der Waals surface area (Å²) in [5.41, 5.74) is 3.56. The van der Waals surface area contributed by atoms with Crippen LogP contribution in [0.15, 0.2) is 75.8 Å². The van der Waals surface area contributed by atoms with E-state index in [0.29, 0.717) is 30.2 Å². The van der Waals surface area contributed by atoms with Gasteiger partial charge in [0.1, 0.15) is 11.3 Å². The first-order valence-electron chi connectivity index (χ1n) is 9.41. The van der Waals surface area contributed by atoms with Crippen molar-refractivity contribution >= 4 is 27.8 Å². The van der Waals surface area contributed by atoms with Crippen molar-refractivity contribution in [3.63, 3.8) is 0 Å². The fourth-order valence-corrected chi connectivity index (χ4v) is 3.61. The van der Waals surface area contributed by atoms with Crippen molar-refractivity contribution in [2.75, 3.05) is 0 Å². The number of aromatic nitrogens is 2. The number of rotatable bonds is 5. The molecule has 0 radical (unpaired) electrons. The molecular formula is C23H19N3O3. The molecule has 3 aromatic heterocycles. The van der Waals surface area contributed by atoms with E-state index in [1.807, 2.05) is 72.4 Å². The van der Waals surface area contributed by atoms with Crippen molar-refractivity contribution in [2.45, 2.75) is 13.0 Å². The number of fused-ring (bicyclic) bond motifs is 2. The molecule has 0 aliphatic rings. The molecule has 3 heterocycles. The van der Waals surface area contributed by atoms with Crippen LogP contribution in [0.3, 0.4) is 0 Å². The van der Waals surface area contributed by atoms with Crippen molar-refractivity contribution < 1.29 is 13.7 Å². The third kappa shape index (κ3) is 3.29. The van der Waals surface area contributed by atoms with E-state index in [2.05, 4.69) is 10.5 Å². The standard InChI is InChI=1S/C23H19N3O3/c1-26-14-16(18-7-3-4-8-19(18)26)11-23(27)24-13-17-12-22(29-25-17)21-10-15-6-2-5-9-20(15)28-21/h2-10,12,14H,11,13H2,1H3,(H,24,27). The Morgan fingerprint density at radius 3 is 2.79 bits per heavy atom. The van der Waals surface area contributed by atoms with Gasteiger partial charge in [-0.1, -0.05) is 41.6 Å². The van der Waals surface area contributed by atoms with Crippen molar-refractivity contribution in [2.24, 2.45) is 7.05 Å². The Balaban J connectivity index is 1.26. The van der Waals surface area contributed by atoms with Gasteiger partial charge in [0.15, 0.2) is 5.76 Å². The van der Waals surface area contributed by atoms with E-state index in [9.17, 15) is 4.79 Å². The van der Waals surface area contributed by atoms with Crippen LogP contribution in [0, 0.1) is 0 Å². The van der Waals surface area contributed by atoms with Gasteiger partial charge in [0.25, 0.3) is 0 Å². The molecule has 0 aliphatic carbocycles. The van der Waals surface area contributed by atoms with E-state index in [1.54, 1.807) is 6.07 Å². The summed E-state index contributed by atoms with van der Waals surface area (Å²) < 4.78 is 13.2. The maximum atomic E-state index is 12.4.